The third-order valence-corrected chi connectivity index (χ3v) is 2.22. The fourth-order valence-electron chi connectivity index (χ4n) is 1.39. The largest absolute Gasteiger partial charge is 0.382 e. The van der Waals surface area contributed by atoms with Gasteiger partial charge in [-0.05, 0) is 25.5 Å². The van der Waals surface area contributed by atoms with Gasteiger partial charge in [0.05, 0.1) is 0 Å². The molecule has 0 atom stereocenters. The lowest BCUT2D eigenvalue weighted by Crippen LogP contribution is -2.16. The van der Waals surface area contributed by atoms with Gasteiger partial charge >= 0.3 is 0 Å². The van der Waals surface area contributed by atoms with Crippen molar-refractivity contribution in [1.82, 2.24) is 5.32 Å². The molecule has 0 saturated carbocycles. The van der Waals surface area contributed by atoms with E-state index in [1.54, 1.807) is 0 Å². The molecular formula is C14H21NO. The summed E-state index contributed by atoms with van der Waals surface area (Å²) in [6.45, 7) is 5.62. The summed E-state index contributed by atoms with van der Waals surface area (Å²) in [4.78, 5) is 0. The van der Waals surface area contributed by atoms with Crippen LogP contribution in [0.3, 0.4) is 0 Å². The first-order valence-electron chi connectivity index (χ1n) is 5.93. The summed E-state index contributed by atoms with van der Waals surface area (Å²) >= 11 is 0. The van der Waals surface area contributed by atoms with E-state index in [1.807, 2.05) is 13.0 Å². The Hall–Kier alpha value is -1.12. The van der Waals surface area contributed by atoms with Crippen molar-refractivity contribution in [3.8, 4) is 0 Å². The molecule has 0 unspecified atom stereocenters. The van der Waals surface area contributed by atoms with Gasteiger partial charge in [-0.2, -0.15) is 0 Å². The molecule has 1 N–H and O–H groups in total. The molecule has 0 aliphatic carbocycles. The zero-order valence-corrected chi connectivity index (χ0v) is 9.99. The van der Waals surface area contributed by atoms with Crippen LogP contribution in [0.2, 0.25) is 0 Å². The van der Waals surface area contributed by atoms with E-state index in [0.29, 0.717) is 0 Å². The van der Waals surface area contributed by atoms with E-state index >= 15 is 0 Å². The van der Waals surface area contributed by atoms with Crippen molar-refractivity contribution in [2.75, 3.05) is 26.3 Å². The standard InChI is InChI=1S/C14H21NO/c1-2-16-13-7-12-15-11-6-10-14-8-4-3-5-9-14/h3-6,8-10,15H,2,7,11-13H2,1H3/b10-6+. The molecule has 2 heteroatoms. The average Bonchev–Trinajstić information content (AvgIpc) is 2.34. The van der Waals surface area contributed by atoms with Crippen LogP contribution in [0.1, 0.15) is 18.9 Å². The maximum atomic E-state index is 5.25. The molecule has 88 valence electrons. The lowest BCUT2D eigenvalue weighted by molar-refractivity contribution is 0.145. The van der Waals surface area contributed by atoms with Crippen LogP contribution in [0.5, 0.6) is 0 Å². The Morgan fingerprint density at radius 3 is 2.81 bits per heavy atom. The van der Waals surface area contributed by atoms with Crippen LogP contribution in [0.4, 0.5) is 0 Å². The van der Waals surface area contributed by atoms with Gasteiger partial charge in [-0.1, -0.05) is 42.5 Å². The molecule has 0 aliphatic rings. The minimum Gasteiger partial charge on any atom is -0.382 e. The molecule has 2 nitrogen and oxygen atoms in total. The molecule has 1 rings (SSSR count). The van der Waals surface area contributed by atoms with Crippen LogP contribution in [0.25, 0.3) is 6.08 Å². The summed E-state index contributed by atoms with van der Waals surface area (Å²) in [5.74, 6) is 0. The normalized spacial score (nSPS) is 11.1. The minimum absolute atomic E-state index is 0.813. The predicted octanol–water partition coefficient (Wildman–Crippen LogP) is 2.72. The molecule has 0 radical (unpaired) electrons. The highest BCUT2D eigenvalue weighted by Crippen LogP contribution is 1.99. The molecule has 0 saturated heterocycles. The van der Waals surface area contributed by atoms with E-state index in [0.717, 1.165) is 32.7 Å². The Bertz CT molecular complexity index is 282. The third-order valence-electron chi connectivity index (χ3n) is 2.22. The van der Waals surface area contributed by atoms with Crippen molar-refractivity contribution in [3.05, 3.63) is 42.0 Å². The first-order valence-corrected chi connectivity index (χ1v) is 5.93. The van der Waals surface area contributed by atoms with E-state index in [1.165, 1.54) is 5.56 Å². The molecule has 1 aromatic rings. The van der Waals surface area contributed by atoms with Gasteiger partial charge in [0.1, 0.15) is 0 Å². The van der Waals surface area contributed by atoms with E-state index in [-0.39, 0.29) is 0 Å². The molecule has 0 spiro atoms. The van der Waals surface area contributed by atoms with E-state index in [9.17, 15) is 0 Å². The van der Waals surface area contributed by atoms with Gasteiger partial charge in [-0.25, -0.2) is 0 Å². The van der Waals surface area contributed by atoms with Gasteiger partial charge < -0.3 is 10.1 Å². The second kappa shape index (κ2) is 9.13. The van der Waals surface area contributed by atoms with Gasteiger partial charge in [-0.3, -0.25) is 0 Å². The summed E-state index contributed by atoms with van der Waals surface area (Å²) < 4.78 is 5.25. The number of ether oxygens (including phenoxy) is 1. The predicted molar refractivity (Wildman–Crippen MR) is 69.5 cm³/mol. The van der Waals surface area contributed by atoms with Crippen molar-refractivity contribution in [2.24, 2.45) is 0 Å². The maximum Gasteiger partial charge on any atom is 0.0477 e. The van der Waals surface area contributed by atoms with Crippen molar-refractivity contribution in [1.29, 1.82) is 0 Å². The Morgan fingerprint density at radius 2 is 2.06 bits per heavy atom. The van der Waals surface area contributed by atoms with Gasteiger partial charge in [0.2, 0.25) is 0 Å². The Labute approximate surface area is 98.3 Å². The maximum absolute atomic E-state index is 5.25. The van der Waals surface area contributed by atoms with Gasteiger partial charge in [0, 0.05) is 19.8 Å². The number of hydrogen-bond donors (Lipinski definition) is 1. The first kappa shape index (κ1) is 12.9. The summed E-state index contributed by atoms with van der Waals surface area (Å²) in [7, 11) is 0. The zero-order chi connectivity index (χ0) is 11.5. The summed E-state index contributed by atoms with van der Waals surface area (Å²) in [6.07, 6.45) is 5.36. The fourth-order valence-corrected chi connectivity index (χ4v) is 1.39. The zero-order valence-electron chi connectivity index (χ0n) is 9.99. The second-order valence-corrected chi connectivity index (χ2v) is 3.57. The van der Waals surface area contributed by atoms with E-state index in [2.05, 4.69) is 41.7 Å². The van der Waals surface area contributed by atoms with Crippen molar-refractivity contribution in [2.45, 2.75) is 13.3 Å². The van der Waals surface area contributed by atoms with Gasteiger partial charge in [0.25, 0.3) is 0 Å². The van der Waals surface area contributed by atoms with Crippen LogP contribution in [0, 0.1) is 0 Å². The SMILES string of the molecule is CCOCCCNC/C=C/c1ccccc1. The van der Waals surface area contributed by atoms with Gasteiger partial charge in [-0.15, -0.1) is 0 Å². The summed E-state index contributed by atoms with van der Waals surface area (Å²) in [5.41, 5.74) is 1.25. The van der Waals surface area contributed by atoms with Crippen molar-refractivity contribution >= 4 is 6.08 Å². The highest BCUT2D eigenvalue weighted by Gasteiger charge is 1.86. The highest BCUT2D eigenvalue weighted by molar-refractivity contribution is 5.48. The topological polar surface area (TPSA) is 21.3 Å². The van der Waals surface area contributed by atoms with Crippen LogP contribution >= 0.6 is 0 Å². The highest BCUT2D eigenvalue weighted by atomic mass is 16.5. The number of rotatable bonds is 8. The minimum atomic E-state index is 0.813. The fraction of sp³-hybridized carbons (Fsp3) is 0.429. The molecule has 0 heterocycles. The Kier molecular flexibility index (Phi) is 7.39. The Balaban J connectivity index is 2.01. The molecular weight excluding hydrogens is 198 g/mol. The van der Waals surface area contributed by atoms with Crippen LogP contribution in [-0.4, -0.2) is 26.3 Å². The second-order valence-electron chi connectivity index (χ2n) is 3.57. The van der Waals surface area contributed by atoms with Gasteiger partial charge in [0.15, 0.2) is 0 Å². The molecule has 0 amide bonds. The third kappa shape index (κ3) is 6.38. The summed E-state index contributed by atoms with van der Waals surface area (Å²) in [5, 5.41) is 3.35. The van der Waals surface area contributed by atoms with Crippen LogP contribution in [0.15, 0.2) is 36.4 Å². The Morgan fingerprint density at radius 1 is 1.25 bits per heavy atom. The van der Waals surface area contributed by atoms with Crippen LogP contribution < -0.4 is 5.32 Å². The number of nitrogens with one attached hydrogen (secondary N) is 1. The smallest absolute Gasteiger partial charge is 0.0477 e. The molecule has 1 aromatic carbocycles. The van der Waals surface area contributed by atoms with Crippen LogP contribution in [-0.2, 0) is 4.74 Å². The average molecular weight is 219 g/mol. The van der Waals surface area contributed by atoms with Crippen molar-refractivity contribution in [3.63, 3.8) is 0 Å². The summed E-state index contributed by atoms with van der Waals surface area (Å²) in [6, 6.07) is 10.3. The number of hydrogen-bond acceptors (Lipinski definition) is 2. The van der Waals surface area contributed by atoms with Crippen molar-refractivity contribution < 1.29 is 4.74 Å². The lowest BCUT2D eigenvalue weighted by atomic mass is 10.2. The first-order chi connectivity index (χ1) is 7.93. The van der Waals surface area contributed by atoms with E-state index < -0.39 is 0 Å². The number of benzene rings is 1. The quantitative estimate of drug-likeness (QED) is 0.679. The molecule has 0 aliphatic heterocycles. The monoisotopic (exact) mass is 219 g/mol. The lowest BCUT2D eigenvalue weighted by Gasteiger charge is -2.01. The molecule has 0 bridgehead atoms. The molecule has 0 aromatic heterocycles. The molecule has 16 heavy (non-hydrogen) atoms. The van der Waals surface area contributed by atoms with E-state index in [4.69, 9.17) is 4.74 Å². The molecule has 0 fully saturated rings.